The quantitative estimate of drug-likeness (QED) is 0.723. The second-order valence-electron chi connectivity index (χ2n) is 6.51. The Hall–Kier alpha value is -1.60. The number of sulfonamides is 1. The van der Waals surface area contributed by atoms with Crippen molar-refractivity contribution in [2.24, 2.45) is 0 Å². The molecular formula is C18H28N2O4S. The van der Waals surface area contributed by atoms with Crippen molar-refractivity contribution >= 4 is 15.9 Å². The number of nitrogens with one attached hydrogen (secondary N) is 1. The average Bonchev–Trinajstić information content (AvgIpc) is 3.08. The lowest BCUT2D eigenvalue weighted by molar-refractivity contribution is -0.121. The van der Waals surface area contributed by atoms with Crippen LogP contribution in [0.4, 0.5) is 0 Å². The Morgan fingerprint density at radius 1 is 1.24 bits per heavy atom. The molecule has 1 fully saturated rings. The Bertz CT molecular complexity index is 652. The molecule has 25 heavy (non-hydrogen) atoms. The number of hydrogen-bond donors (Lipinski definition) is 1. The molecule has 0 aromatic heterocycles. The van der Waals surface area contributed by atoms with Crippen LogP contribution in [0, 0.1) is 0 Å². The molecule has 1 saturated carbocycles. The Morgan fingerprint density at radius 2 is 1.88 bits per heavy atom. The van der Waals surface area contributed by atoms with Gasteiger partial charge in [0.2, 0.25) is 15.9 Å². The minimum atomic E-state index is -3.27. The molecule has 1 amide bonds. The molecule has 1 aliphatic carbocycles. The van der Waals surface area contributed by atoms with Crippen molar-refractivity contribution in [3.8, 4) is 5.75 Å². The standard InChI is InChI=1S/C18H28N2O4S/c1-24-17-9-7-15(8-10-17)11-13-19-18(21)12-14-20(25(2,22)23)16-5-3-4-6-16/h7-10,16H,3-6,11-14H2,1-2H3,(H,19,21). The fourth-order valence-electron chi connectivity index (χ4n) is 3.25. The fraction of sp³-hybridized carbons (Fsp3) is 0.611. The largest absolute Gasteiger partial charge is 0.497 e. The van der Waals surface area contributed by atoms with Crippen molar-refractivity contribution in [1.82, 2.24) is 9.62 Å². The zero-order chi connectivity index (χ0) is 18.3. The van der Waals surface area contributed by atoms with E-state index in [0.29, 0.717) is 6.54 Å². The van der Waals surface area contributed by atoms with Crippen LogP contribution in [-0.2, 0) is 21.2 Å². The number of rotatable bonds is 9. The molecule has 0 atom stereocenters. The van der Waals surface area contributed by atoms with E-state index >= 15 is 0 Å². The van der Waals surface area contributed by atoms with Crippen LogP contribution >= 0.6 is 0 Å². The number of amides is 1. The third-order valence-corrected chi connectivity index (χ3v) is 5.94. The molecule has 0 saturated heterocycles. The van der Waals surface area contributed by atoms with Gasteiger partial charge in [-0.3, -0.25) is 4.79 Å². The number of methoxy groups -OCH3 is 1. The van der Waals surface area contributed by atoms with Gasteiger partial charge in [0.1, 0.15) is 5.75 Å². The van der Waals surface area contributed by atoms with Crippen LogP contribution in [0.3, 0.4) is 0 Å². The summed E-state index contributed by atoms with van der Waals surface area (Å²) in [4.78, 5) is 12.0. The molecular weight excluding hydrogens is 340 g/mol. The van der Waals surface area contributed by atoms with Gasteiger partial charge in [-0.15, -0.1) is 0 Å². The summed E-state index contributed by atoms with van der Waals surface area (Å²) in [7, 11) is -1.65. The number of carbonyl (C=O) groups is 1. The van der Waals surface area contributed by atoms with Crippen molar-refractivity contribution in [3.63, 3.8) is 0 Å². The number of benzene rings is 1. The van der Waals surface area contributed by atoms with Gasteiger partial charge < -0.3 is 10.1 Å². The molecule has 6 nitrogen and oxygen atoms in total. The highest BCUT2D eigenvalue weighted by Gasteiger charge is 2.29. The minimum Gasteiger partial charge on any atom is -0.497 e. The zero-order valence-electron chi connectivity index (χ0n) is 15.0. The fourth-order valence-corrected chi connectivity index (χ4v) is 4.43. The number of carbonyl (C=O) groups excluding carboxylic acids is 1. The van der Waals surface area contributed by atoms with Crippen LogP contribution < -0.4 is 10.1 Å². The number of hydrogen-bond acceptors (Lipinski definition) is 4. The second kappa shape index (κ2) is 9.20. The SMILES string of the molecule is COc1ccc(CCNC(=O)CCN(C2CCCC2)S(C)(=O)=O)cc1. The number of nitrogens with zero attached hydrogens (tertiary/aromatic N) is 1. The van der Waals surface area contributed by atoms with E-state index in [-0.39, 0.29) is 24.9 Å². The molecule has 1 N–H and O–H groups in total. The van der Waals surface area contributed by atoms with E-state index in [1.807, 2.05) is 24.3 Å². The van der Waals surface area contributed by atoms with E-state index in [1.165, 1.54) is 10.6 Å². The van der Waals surface area contributed by atoms with Crippen molar-refractivity contribution in [1.29, 1.82) is 0 Å². The third-order valence-electron chi connectivity index (χ3n) is 4.61. The number of ether oxygens (including phenoxy) is 1. The predicted octanol–water partition coefficient (Wildman–Crippen LogP) is 1.95. The van der Waals surface area contributed by atoms with E-state index in [1.54, 1.807) is 7.11 Å². The van der Waals surface area contributed by atoms with Gasteiger partial charge in [0.05, 0.1) is 13.4 Å². The topological polar surface area (TPSA) is 75.7 Å². The van der Waals surface area contributed by atoms with Crippen LogP contribution in [0.5, 0.6) is 5.75 Å². The first kappa shape index (κ1) is 19.7. The van der Waals surface area contributed by atoms with Crippen LogP contribution in [-0.4, -0.2) is 51.1 Å². The average molecular weight is 368 g/mol. The molecule has 1 aliphatic rings. The van der Waals surface area contributed by atoms with Crippen molar-refractivity contribution in [2.75, 3.05) is 26.5 Å². The monoisotopic (exact) mass is 368 g/mol. The highest BCUT2D eigenvalue weighted by molar-refractivity contribution is 7.88. The molecule has 0 spiro atoms. The summed E-state index contributed by atoms with van der Waals surface area (Å²) in [6.45, 7) is 0.797. The van der Waals surface area contributed by atoms with Crippen LogP contribution in [0.25, 0.3) is 0 Å². The second-order valence-corrected chi connectivity index (χ2v) is 8.45. The van der Waals surface area contributed by atoms with Crippen LogP contribution in [0.2, 0.25) is 0 Å². The molecule has 0 unspecified atom stereocenters. The maximum atomic E-state index is 12.0. The van der Waals surface area contributed by atoms with Crippen molar-refractivity contribution in [2.45, 2.75) is 44.6 Å². The molecule has 140 valence electrons. The summed E-state index contributed by atoms with van der Waals surface area (Å²) in [6, 6.07) is 7.78. The lowest BCUT2D eigenvalue weighted by atomic mass is 10.1. The summed E-state index contributed by atoms with van der Waals surface area (Å²) >= 11 is 0. The van der Waals surface area contributed by atoms with Gasteiger partial charge in [-0.25, -0.2) is 8.42 Å². The smallest absolute Gasteiger partial charge is 0.221 e. The highest BCUT2D eigenvalue weighted by Crippen LogP contribution is 2.25. The maximum absolute atomic E-state index is 12.0. The van der Waals surface area contributed by atoms with E-state index < -0.39 is 10.0 Å². The van der Waals surface area contributed by atoms with Gasteiger partial charge in [0.25, 0.3) is 0 Å². The van der Waals surface area contributed by atoms with Crippen molar-refractivity contribution < 1.29 is 17.9 Å². The van der Waals surface area contributed by atoms with Gasteiger partial charge in [-0.1, -0.05) is 25.0 Å². The normalized spacial score (nSPS) is 15.5. The van der Waals surface area contributed by atoms with E-state index in [4.69, 9.17) is 4.74 Å². The Kier molecular flexibility index (Phi) is 7.25. The van der Waals surface area contributed by atoms with Gasteiger partial charge >= 0.3 is 0 Å². The molecule has 0 bridgehead atoms. The van der Waals surface area contributed by atoms with Gasteiger partial charge in [-0.05, 0) is 37.0 Å². The molecule has 0 aliphatic heterocycles. The van der Waals surface area contributed by atoms with Gasteiger partial charge in [-0.2, -0.15) is 4.31 Å². The summed E-state index contributed by atoms with van der Waals surface area (Å²) in [5.74, 6) is 0.695. The predicted molar refractivity (Wildman–Crippen MR) is 98.1 cm³/mol. The molecule has 7 heteroatoms. The van der Waals surface area contributed by atoms with Crippen LogP contribution in [0.1, 0.15) is 37.7 Å². The van der Waals surface area contributed by atoms with E-state index in [9.17, 15) is 13.2 Å². The van der Waals surface area contributed by atoms with E-state index in [2.05, 4.69) is 5.32 Å². The van der Waals surface area contributed by atoms with Crippen molar-refractivity contribution in [3.05, 3.63) is 29.8 Å². The lowest BCUT2D eigenvalue weighted by Gasteiger charge is -2.26. The van der Waals surface area contributed by atoms with Gasteiger partial charge in [0.15, 0.2) is 0 Å². The van der Waals surface area contributed by atoms with Crippen LogP contribution in [0.15, 0.2) is 24.3 Å². The first-order valence-corrected chi connectivity index (χ1v) is 10.6. The van der Waals surface area contributed by atoms with Gasteiger partial charge in [0, 0.05) is 25.6 Å². The van der Waals surface area contributed by atoms with E-state index in [0.717, 1.165) is 43.4 Å². The summed E-state index contributed by atoms with van der Waals surface area (Å²) in [5.41, 5.74) is 1.12. The first-order chi connectivity index (χ1) is 11.9. The third kappa shape index (κ3) is 6.32. The summed E-state index contributed by atoms with van der Waals surface area (Å²) in [6.07, 6.45) is 6.07. The maximum Gasteiger partial charge on any atom is 0.221 e. The Morgan fingerprint density at radius 3 is 2.44 bits per heavy atom. The molecule has 1 aromatic rings. The molecule has 0 radical (unpaired) electrons. The molecule has 1 aromatic carbocycles. The zero-order valence-corrected chi connectivity index (χ0v) is 15.8. The first-order valence-electron chi connectivity index (χ1n) is 8.76. The summed E-state index contributed by atoms with van der Waals surface area (Å²) in [5, 5.41) is 2.87. The lowest BCUT2D eigenvalue weighted by Crippen LogP contribution is -2.40. The highest BCUT2D eigenvalue weighted by atomic mass is 32.2. The minimum absolute atomic E-state index is 0.0575. The Labute approximate surface area is 150 Å². The molecule has 0 heterocycles. The molecule has 2 rings (SSSR count). The Balaban J connectivity index is 1.74. The summed E-state index contributed by atoms with van der Waals surface area (Å²) < 4.78 is 30.5.